The van der Waals surface area contributed by atoms with Gasteiger partial charge in [-0.25, -0.2) is 15.0 Å². The maximum Gasteiger partial charge on any atom is 0.293 e. The molecule has 2 aliphatic heterocycles. The summed E-state index contributed by atoms with van der Waals surface area (Å²) in [5, 5.41) is 4.07. The predicted molar refractivity (Wildman–Crippen MR) is 87.6 cm³/mol. The number of piperidine rings is 1. The molecule has 2 aromatic heterocycles. The minimum absolute atomic E-state index is 0.116. The second-order valence-corrected chi connectivity index (χ2v) is 6.62. The topological polar surface area (TPSA) is 97.1 Å². The van der Waals surface area contributed by atoms with Crippen molar-refractivity contribution in [2.45, 2.75) is 19.3 Å². The molecule has 0 bridgehead atoms. The van der Waals surface area contributed by atoms with Gasteiger partial charge in [0, 0.05) is 26.7 Å². The lowest BCUT2D eigenvalue weighted by Gasteiger charge is -2.37. The fraction of sp³-hybridized carbons (Fsp3) is 0.500. The number of hydrogen-bond donors (Lipinski definition) is 0. The molecule has 25 heavy (non-hydrogen) atoms. The van der Waals surface area contributed by atoms with Crippen LogP contribution in [0.4, 0.5) is 5.69 Å². The van der Waals surface area contributed by atoms with E-state index in [0.717, 1.165) is 12.1 Å². The molecule has 2 amide bonds. The fourth-order valence-corrected chi connectivity index (χ4v) is 3.68. The summed E-state index contributed by atoms with van der Waals surface area (Å²) >= 11 is 0. The van der Waals surface area contributed by atoms with Gasteiger partial charge in [0.1, 0.15) is 12.7 Å². The van der Waals surface area contributed by atoms with Gasteiger partial charge in [-0.1, -0.05) is 0 Å². The van der Waals surface area contributed by atoms with Crippen LogP contribution < -0.4 is 4.90 Å². The number of carbonyl (C=O) groups is 2. The summed E-state index contributed by atoms with van der Waals surface area (Å²) in [7, 11) is 1.73. The zero-order valence-corrected chi connectivity index (χ0v) is 14.0. The molecule has 2 aliphatic rings. The van der Waals surface area contributed by atoms with Gasteiger partial charge >= 0.3 is 0 Å². The highest BCUT2D eigenvalue weighted by Crippen LogP contribution is 2.42. The van der Waals surface area contributed by atoms with Gasteiger partial charge in [-0.2, -0.15) is 0 Å². The first-order valence-electron chi connectivity index (χ1n) is 8.31. The molecule has 0 aliphatic carbocycles. The molecule has 4 rings (SSSR count). The van der Waals surface area contributed by atoms with Gasteiger partial charge in [0.05, 0.1) is 23.5 Å². The minimum atomic E-state index is -0.385. The lowest BCUT2D eigenvalue weighted by Crippen LogP contribution is -2.47. The molecule has 0 unspecified atom stereocenters. The molecule has 2 fully saturated rings. The number of carbonyl (C=O) groups excluding carboxylic acids is 2. The van der Waals surface area contributed by atoms with Crippen LogP contribution in [0, 0.1) is 5.41 Å². The molecule has 9 heteroatoms. The monoisotopic (exact) mass is 341 g/mol. The Morgan fingerprint density at radius 1 is 1.12 bits per heavy atom. The second kappa shape index (κ2) is 5.91. The smallest absolute Gasteiger partial charge is 0.293 e. The zero-order valence-electron chi connectivity index (χ0n) is 14.0. The van der Waals surface area contributed by atoms with Gasteiger partial charge in [0.25, 0.3) is 5.91 Å². The summed E-state index contributed by atoms with van der Waals surface area (Å²) in [4.78, 5) is 40.9. The van der Waals surface area contributed by atoms with Crippen molar-refractivity contribution in [3.63, 3.8) is 0 Å². The zero-order chi connectivity index (χ0) is 17.4. The Morgan fingerprint density at radius 3 is 2.44 bits per heavy atom. The third kappa shape index (κ3) is 2.65. The highest BCUT2D eigenvalue weighted by Gasteiger charge is 2.49. The van der Waals surface area contributed by atoms with E-state index < -0.39 is 0 Å². The van der Waals surface area contributed by atoms with Crippen LogP contribution in [0.2, 0.25) is 0 Å². The van der Waals surface area contributed by atoms with Crippen molar-refractivity contribution in [1.82, 2.24) is 29.6 Å². The number of aryl methyl sites for hydroxylation is 1. The second-order valence-electron chi connectivity index (χ2n) is 6.62. The van der Waals surface area contributed by atoms with Gasteiger partial charge < -0.3 is 9.80 Å². The Morgan fingerprint density at radius 2 is 1.80 bits per heavy atom. The summed E-state index contributed by atoms with van der Waals surface area (Å²) in [6.07, 6.45) is 8.41. The van der Waals surface area contributed by atoms with E-state index in [4.69, 9.17) is 0 Å². The number of hydrogen-bond acceptors (Lipinski definition) is 6. The lowest BCUT2D eigenvalue weighted by atomic mass is 9.77. The number of rotatable bonds is 2. The number of anilines is 1. The Kier molecular flexibility index (Phi) is 3.70. The van der Waals surface area contributed by atoms with Crippen molar-refractivity contribution in [1.29, 1.82) is 0 Å². The number of likely N-dealkylation sites (tertiary alicyclic amines) is 1. The van der Waals surface area contributed by atoms with Crippen molar-refractivity contribution in [2.24, 2.45) is 12.5 Å². The standard InChI is InChI=1S/C16H19N7O2/c1-21-11-19-13(20-21)14(24)22-5-2-16(3-6-22)4-7-23(15(16)25)12-8-17-10-18-9-12/h8-11H,2-7H2,1H3. The summed E-state index contributed by atoms with van der Waals surface area (Å²) < 4.78 is 1.51. The molecule has 2 aromatic rings. The van der Waals surface area contributed by atoms with Crippen molar-refractivity contribution >= 4 is 17.5 Å². The molecule has 130 valence electrons. The van der Waals surface area contributed by atoms with Crippen LogP contribution in [-0.4, -0.2) is 61.1 Å². The van der Waals surface area contributed by atoms with E-state index >= 15 is 0 Å². The molecular weight excluding hydrogens is 322 g/mol. The fourth-order valence-electron chi connectivity index (χ4n) is 3.68. The molecule has 0 atom stereocenters. The van der Waals surface area contributed by atoms with E-state index in [-0.39, 0.29) is 23.1 Å². The Labute approximate surface area is 144 Å². The third-order valence-corrected chi connectivity index (χ3v) is 5.17. The highest BCUT2D eigenvalue weighted by atomic mass is 16.2. The first kappa shape index (κ1) is 15.7. The summed E-state index contributed by atoms with van der Waals surface area (Å²) in [6, 6.07) is 0. The maximum atomic E-state index is 13.0. The molecule has 4 heterocycles. The molecule has 0 radical (unpaired) electrons. The van der Waals surface area contributed by atoms with Crippen LogP contribution in [0.3, 0.4) is 0 Å². The predicted octanol–water partition coefficient (Wildman–Crippen LogP) is 0.264. The molecule has 2 saturated heterocycles. The van der Waals surface area contributed by atoms with Crippen LogP contribution in [0.25, 0.3) is 0 Å². The van der Waals surface area contributed by atoms with E-state index in [1.807, 2.05) is 0 Å². The SMILES string of the molecule is Cn1cnc(C(=O)N2CCC3(CC2)CCN(c2cncnc2)C3=O)n1. The van der Waals surface area contributed by atoms with Gasteiger partial charge in [-0.3, -0.25) is 14.3 Å². The van der Waals surface area contributed by atoms with Crippen molar-refractivity contribution in [3.05, 3.63) is 30.9 Å². The largest absolute Gasteiger partial charge is 0.336 e. The Bertz CT molecular complexity index is 796. The van der Waals surface area contributed by atoms with Gasteiger partial charge in [0.2, 0.25) is 11.7 Å². The normalized spacial score (nSPS) is 19.6. The van der Waals surface area contributed by atoms with Crippen molar-refractivity contribution in [3.8, 4) is 0 Å². The first-order valence-corrected chi connectivity index (χ1v) is 8.31. The molecule has 0 aromatic carbocycles. The lowest BCUT2D eigenvalue weighted by molar-refractivity contribution is -0.127. The summed E-state index contributed by atoms with van der Waals surface area (Å²) in [6.45, 7) is 1.76. The number of amides is 2. The van der Waals surface area contributed by atoms with Gasteiger partial charge in [-0.15, -0.1) is 5.10 Å². The first-order chi connectivity index (χ1) is 12.1. The minimum Gasteiger partial charge on any atom is -0.336 e. The summed E-state index contributed by atoms with van der Waals surface area (Å²) in [5.74, 6) is 0.152. The van der Waals surface area contributed by atoms with Crippen molar-refractivity contribution < 1.29 is 9.59 Å². The van der Waals surface area contributed by atoms with Crippen LogP contribution in [0.5, 0.6) is 0 Å². The van der Waals surface area contributed by atoms with Crippen molar-refractivity contribution in [2.75, 3.05) is 24.5 Å². The van der Waals surface area contributed by atoms with Gasteiger partial charge in [0.15, 0.2) is 0 Å². The van der Waals surface area contributed by atoms with E-state index in [0.29, 0.717) is 32.5 Å². The molecule has 9 nitrogen and oxygen atoms in total. The Balaban J connectivity index is 1.45. The van der Waals surface area contributed by atoms with Gasteiger partial charge in [-0.05, 0) is 19.3 Å². The highest BCUT2D eigenvalue weighted by molar-refractivity contribution is 6.00. The van der Waals surface area contributed by atoms with E-state index in [1.165, 1.54) is 17.3 Å². The van der Waals surface area contributed by atoms with E-state index in [9.17, 15) is 9.59 Å². The third-order valence-electron chi connectivity index (χ3n) is 5.17. The van der Waals surface area contributed by atoms with Crippen LogP contribution >= 0.6 is 0 Å². The van der Waals surface area contributed by atoms with Crippen LogP contribution in [0.1, 0.15) is 29.9 Å². The number of nitrogens with zero attached hydrogens (tertiary/aromatic N) is 7. The molecule has 1 spiro atoms. The summed E-state index contributed by atoms with van der Waals surface area (Å²) in [5.41, 5.74) is 0.352. The maximum absolute atomic E-state index is 13.0. The average molecular weight is 341 g/mol. The van der Waals surface area contributed by atoms with Crippen LogP contribution in [-0.2, 0) is 11.8 Å². The Hall–Kier alpha value is -2.84. The van der Waals surface area contributed by atoms with E-state index in [1.54, 1.807) is 29.2 Å². The quantitative estimate of drug-likeness (QED) is 0.777. The number of aromatic nitrogens is 5. The van der Waals surface area contributed by atoms with Crippen LogP contribution in [0.15, 0.2) is 25.0 Å². The van der Waals surface area contributed by atoms with E-state index in [2.05, 4.69) is 20.1 Å². The molecule has 0 N–H and O–H groups in total. The molecular formula is C16H19N7O2. The molecule has 0 saturated carbocycles. The average Bonchev–Trinajstić information content (AvgIpc) is 3.21.